The van der Waals surface area contributed by atoms with Gasteiger partial charge in [0.2, 0.25) is 0 Å². The zero-order chi connectivity index (χ0) is 14.7. The highest BCUT2D eigenvalue weighted by Gasteiger charge is 2.13. The Morgan fingerprint density at radius 3 is 2.61 bits per heavy atom. The number of aromatic nitrogens is 3. The van der Waals surface area contributed by atoms with Crippen molar-refractivity contribution in [1.29, 1.82) is 0 Å². The van der Waals surface area contributed by atoms with Gasteiger partial charge in [0.15, 0.2) is 0 Å². The summed E-state index contributed by atoms with van der Waals surface area (Å²) >= 11 is 0. The van der Waals surface area contributed by atoms with Crippen LogP contribution < -0.4 is 4.74 Å². The molecule has 0 amide bonds. The Balaban J connectivity index is 0.00000135. The molecule has 114 valence electrons. The molecule has 0 atom stereocenters. The van der Waals surface area contributed by atoms with E-state index in [1.807, 2.05) is 30.5 Å². The Labute approximate surface area is 137 Å². The van der Waals surface area contributed by atoms with Gasteiger partial charge < -0.3 is 14.7 Å². The highest BCUT2D eigenvalue weighted by molar-refractivity contribution is 6.22. The minimum Gasteiger partial charge on any atom is -0.497 e. The molecule has 3 aromatic heterocycles. The fraction of sp³-hybridized carbons (Fsp3) is 0.0556. The molecule has 2 N–H and O–H groups in total. The van der Waals surface area contributed by atoms with Gasteiger partial charge in [-0.25, -0.2) is 0 Å². The fourth-order valence-corrected chi connectivity index (χ4v) is 3.26. The van der Waals surface area contributed by atoms with Crippen molar-refractivity contribution < 1.29 is 4.74 Å². The lowest BCUT2D eigenvalue weighted by molar-refractivity contribution is 0.415. The van der Waals surface area contributed by atoms with Crippen LogP contribution in [0, 0.1) is 0 Å². The van der Waals surface area contributed by atoms with Crippen LogP contribution >= 0.6 is 12.4 Å². The number of methoxy groups -OCH3 is 1. The molecule has 0 aliphatic carbocycles. The van der Waals surface area contributed by atoms with E-state index in [1.165, 1.54) is 10.8 Å². The molecule has 0 spiro atoms. The number of para-hydroxylation sites is 1. The zero-order valence-electron chi connectivity index (χ0n) is 12.4. The summed E-state index contributed by atoms with van der Waals surface area (Å²) in [6, 6.07) is 14.4. The van der Waals surface area contributed by atoms with E-state index in [-0.39, 0.29) is 12.4 Å². The number of nitrogens with zero attached hydrogens (tertiary/aromatic N) is 1. The quantitative estimate of drug-likeness (QED) is 0.466. The van der Waals surface area contributed by atoms with Gasteiger partial charge in [-0.1, -0.05) is 18.2 Å². The number of benzene rings is 2. The number of ether oxygens (including phenoxy) is 1. The fourth-order valence-electron chi connectivity index (χ4n) is 3.26. The largest absolute Gasteiger partial charge is 0.497 e. The van der Waals surface area contributed by atoms with Crippen molar-refractivity contribution in [3.63, 3.8) is 0 Å². The number of hydrogen-bond donors (Lipinski definition) is 2. The van der Waals surface area contributed by atoms with Gasteiger partial charge in [0, 0.05) is 27.2 Å². The first-order chi connectivity index (χ1) is 10.8. The maximum atomic E-state index is 5.34. The number of fused-ring (bicyclic) bond motifs is 7. The Morgan fingerprint density at radius 1 is 0.913 bits per heavy atom. The predicted octanol–water partition coefficient (Wildman–Crippen LogP) is 4.78. The van der Waals surface area contributed by atoms with E-state index in [0.717, 1.165) is 38.7 Å². The van der Waals surface area contributed by atoms with Crippen molar-refractivity contribution in [2.24, 2.45) is 0 Å². The smallest absolute Gasteiger partial charge is 0.119 e. The monoisotopic (exact) mass is 323 g/mol. The van der Waals surface area contributed by atoms with Crippen LogP contribution in [0.5, 0.6) is 5.75 Å². The molecule has 0 unspecified atom stereocenters. The van der Waals surface area contributed by atoms with Gasteiger partial charge in [-0.05, 0) is 24.3 Å². The van der Waals surface area contributed by atoms with Crippen LogP contribution in [0.25, 0.3) is 43.7 Å². The molecule has 5 heteroatoms. The van der Waals surface area contributed by atoms with Crippen molar-refractivity contribution >= 4 is 56.1 Å². The van der Waals surface area contributed by atoms with E-state index in [0.29, 0.717) is 0 Å². The molecule has 4 nitrogen and oxygen atoms in total. The van der Waals surface area contributed by atoms with Crippen LogP contribution in [0.2, 0.25) is 0 Å². The van der Waals surface area contributed by atoms with Gasteiger partial charge in [-0.3, -0.25) is 4.98 Å². The van der Waals surface area contributed by atoms with Gasteiger partial charge in [0.05, 0.1) is 29.9 Å². The molecule has 5 aromatic rings. The minimum atomic E-state index is 0. The normalized spacial score (nSPS) is 11.3. The molecule has 3 heterocycles. The molecule has 0 radical (unpaired) electrons. The van der Waals surface area contributed by atoms with Crippen LogP contribution in [0.1, 0.15) is 0 Å². The van der Waals surface area contributed by atoms with E-state index >= 15 is 0 Å². The number of hydrogen-bond acceptors (Lipinski definition) is 2. The van der Waals surface area contributed by atoms with Crippen LogP contribution in [0.3, 0.4) is 0 Å². The van der Waals surface area contributed by atoms with Gasteiger partial charge in [0.25, 0.3) is 0 Å². The summed E-state index contributed by atoms with van der Waals surface area (Å²) in [5.41, 5.74) is 5.29. The SMILES string of the molecule is COc1ccc2[nH]c3c(ncc4[nH]c5ccccc5c43)c2c1.Cl. The van der Waals surface area contributed by atoms with Gasteiger partial charge >= 0.3 is 0 Å². The van der Waals surface area contributed by atoms with Crippen LogP contribution in [-0.4, -0.2) is 22.1 Å². The number of H-pyrrole nitrogens is 2. The van der Waals surface area contributed by atoms with Crippen molar-refractivity contribution in [3.05, 3.63) is 48.7 Å². The topological polar surface area (TPSA) is 53.7 Å². The van der Waals surface area contributed by atoms with E-state index in [2.05, 4.69) is 33.2 Å². The van der Waals surface area contributed by atoms with Crippen molar-refractivity contribution in [1.82, 2.24) is 15.0 Å². The standard InChI is InChI=1S/C18H13N3O.ClH/c1-22-10-6-7-14-12(8-10)17-18(21-14)16-11-4-2-3-5-13(11)20-15(16)9-19-17;/h2-9,20-21H,1H3;1H. The predicted molar refractivity (Wildman–Crippen MR) is 96.8 cm³/mol. The van der Waals surface area contributed by atoms with Gasteiger partial charge in [-0.15, -0.1) is 12.4 Å². The maximum absolute atomic E-state index is 5.34. The Bertz CT molecular complexity index is 1170. The summed E-state index contributed by atoms with van der Waals surface area (Å²) < 4.78 is 5.34. The molecule has 5 rings (SSSR count). The second kappa shape index (κ2) is 4.89. The maximum Gasteiger partial charge on any atom is 0.119 e. The minimum absolute atomic E-state index is 0. The van der Waals surface area contributed by atoms with Crippen LogP contribution in [-0.2, 0) is 0 Å². The molecule has 0 bridgehead atoms. The average molecular weight is 324 g/mol. The van der Waals surface area contributed by atoms with Gasteiger partial charge in [0.1, 0.15) is 5.75 Å². The highest BCUT2D eigenvalue weighted by atomic mass is 35.5. The molecule has 0 fully saturated rings. The number of pyridine rings is 1. The zero-order valence-corrected chi connectivity index (χ0v) is 13.2. The third-order valence-electron chi connectivity index (χ3n) is 4.29. The van der Waals surface area contributed by atoms with Crippen molar-refractivity contribution in [2.45, 2.75) is 0 Å². The van der Waals surface area contributed by atoms with Crippen LogP contribution in [0.4, 0.5) is 0 Å². The average Bonchev–Trinajstić information content (AvgIpc) is 3.11. The first-order valence-corrected chi connectivity index (χ1v) is 7.20. The molecule has 0 saturated carbocycles. The van der Waals surface area contributed by atoms with Crippen LogP contribution in [0.15, 0.2) is 48.7 Å². The molecule has 0 aliphatic heterocycles. The molecular formula is C18H14ClN3O. The van der Waals surface area contributed by atoms with Crippen molar-refractivity contribution in [2.75, 3.05) is 7.11 Å². The van der Waals surface area contributed by atoms with E-state index < -0.39 is 0 Å². The summed E-state index contributed by atoms with van der Waals surface area (Å²) in [7, 11) is 1.68. The molecular weight excluding hydrogens is 310 g/mol. The molecule has 0 saturated heterocycles. The number of rotatable bonds is 1. The Morgan fingerprint density at radius 2 is 1.74 bits per heavy atom. The lowest BCUT2D eigenvalue weighted by atomic mass is 10.1. The summed E-state index contributed by atoms with van der Waals surface area (Å²) in [6.45, 7) is 0. The summed E-state index contributed by atoms with van der Waals surface area (Å²) in [5, 5.41) is 3.49. The first-order valence-electron chi connectivity index (χ1n) is 7.20. The molecule has 2 aromatic carbocycles. The van der Waals surface area contributed by atoms with E-state index in [9.17, 15) is 0 Å². The Hall–Kier alpha value is -2.72. The summed E-state index contributed by atoms with van der Waals surface area (Å²) in [6.07, 6.45) is 1.91. The number of nitrogens with one attached hydrogen (secondary N) is 2. The summed E-state index contributed by atoms with van der Waals surface area (Å²) in [5.74, 6) is 0.842. The van der Waals surface area contributed by atoms with E-state index in [1.54, 1.807) is 7.11 Å². The van der Waals surface area contributed by atoms with Gasteiger partial charge in [-0.2, -0.15) is 0 Å². The lowest BCUT2D eigenvalue weighted by Crippen LogP contribution is -1.81. The molecule has 0 aliphatic rings. The highest BCUT2D eigenvalue weighted by Crippen LogP contribution is 2.34. The second-order valence-electron chi connectivity index (χ2n) is 5.48. The Kier molecular flexibility index (Phi) is 2.96. The van der Waals surface area contributed by atoms with E-state index in [4.69, 9.17) is 4.74 Å². The third-order valence-corrected chi connectivity index (χ3v) is 4.29. The second-order valence-corrected chi connectivity index (χ2v) is 5.48. The molecule has 23 heavy (non-hydrogen) atoms. The summed E-state index contributed by atoms with van der Waals surface area (Å²) in [4.78, 5) is 11.6. The lowest BCUT2D eigenvalue weighted by Gasteiger charge is -1.98. The first kappa shape index (κ1) is 13.9. The van der Waals surface area contributed by atoms with Crippen molar-refractivity contribution in [3.8, 4) is 5.75 Å². The third kappa shape index (κ3) is 1.82. The number of aromatic amines is 2. The number of halogens is 1.